The van der Waals surface area contributed by atoms with Crippen molar-refractivity contribution in [1.29, 1.82) is 0 Å². The summed E-state index contributed by atoms with van der Waals surface area (Å²) in [5.41, 5.74) is 0.342. The molecule has 2 aliphatic heterocycles. The van der Waals surface area contributed by atoms with Crippen LogP contribution < -0.4 is 4.90 Å². The second-order valence-electron chi connectivity index (χ2n) is 7.55. The van der Waals surface area contributed by atoms with Crippen LogP contribution in [0.4, 0.5) is 5.82 Å². The quantitative estimate of drug-likeness (QED) is 0.817. The van der Waals surface area contributed by atoms with Gasteiger partial charge >= 0.3 is 0 Å². The Hall–Kier alpha value is -1.14. The van der Waals surface area contributed by atoms with Crippen LogP contribution in [0.3, 0.4) is 0 Å². The standard InChI is InChI=1S/C18H29N3O2S/c1-3-9-18(2)10-6-11-20(15-18)17-8-7-16(14-19-17)24(22,23)21-12-4-5-13-21/h7-8,14H,3-6,9-13,15H2,1-2H3. The fourth-order valence-corrected chi connectivity index (χ4v) is 5.57. The molecule has 24 heavy (non-hydrogen) atoms. The van der Waals surface area contributed by atoms with Crippen molar-refractivity contribution < 1.29 is 8.42 Å². The molecule has 0 N–H and O–H groups in total. The summed E-state index contributed by atoms with van der Waals surface area (Å²) < 4.78 is 26.7. The lowest BCUT2D eigenvalue weighted by Crippen LogP contribution is -2.42. The lowest BCUT2D eigenvalue weighted by atomic mass is 9.78. The zero-order chi connectivity index (χ0) is 17.2. The molecule has 134 valence electrons. The van der Waals surface area contributed by atoms with E-state index < -0.39 is 10.0 Å². The number of pyridine rings is 1. The van der Waals surface area contributed by atoms with Gasteiger partial charge in [-0.2, -0.15) is 4.31 Å². The summed E-state index contributed by atoms with van der Waals surface area (Å²) in [6.07, 6.45) is 8.30. The van der Waals surface area contributed by atoms with Gasteiger partial charge in [0.1, 0.15) is 10.7 Å². The first-order chi connectivity index (χ1) is 11.4. The number of sulfonamides is 1. The topological polar surface area (TPSA) is 53.5 Å². The molecule has 0 amide bonds. The monoisotopic (exact) mass is 351 g/mol. The molecule has 0 radical (unpaired) electrons. The molecule has 0 aromatic carbocycles. The zero-order valence-corrected chi connectivity index (χ0v) is 15.7. The van der Waals surface area contributed by atoms with Crippen LogP contribution in [0.5, 0.6) is 0 Å². The Bertz CT molecular complexity index is 649. The molecule has 2 fully saturated rings. The first-order valence-corrected chi connectivity index (χ1v) is 10.6. The molecule has 0 aliphatic carbocycles. The van der Waals surface area contributed by atoms with Crippen LogP contribution in [-0.2, 0) is 10.0 Å². The van der Waals surface area contributed by atoms with Gasteiger partial charge in [0, 0.05) is 32.4 Å². The molecule has 1 unspecified atom stereocenters. The highest BCUT2D eigenvalue weighted by molar-refractivity contribution is 7.89. The first kappa shape index (κ1) is 17.7. The van der Waals surface area contributed by atoms with Crippen LogP contribution in [0.1, 0.15) is 52.4 Å². The van der Waals surface area contributed by atoms with E-state index in [1.165, 1.54) is 31.9 Å². The predicted octanol–water partition coefficient (Wildman–Crippen LogP) is 3.27. The first-order valence-electron chi connectivity index (χ1n) is 9.16. The number of hydrogen-bond donors (Lipinski definition) is 0. The van der Waals surface area contributed by atoms with E-state index in [1.54, 1.807) is 10.4 Å². The second-order valence-corrected chi connectivity index (χ2v) is 9.49. The summed E-state index contributed by atoms with van der Waals surface area (Å²) in [5.74, 6) is 0.900. The van der Waals surface area contributed by atoms with Crippen LogP contribution in [0.2, 0.25) is 0 Å². The van der Waals surface area contributed by atoms with E-state index in [1.807, 2.05) is 6.07 Å². The average molecular weight is 352 g/mol. The summed E-state index contributed by atoms with van der Waals surface area (Å²) in [6.45, 7) is 7.86. The molecule has 5 nitrogen and oxygen atoms in total. The molecular weight excluding hydrogens is 322 g/mol. The molecule has 0 spiro atoms. The van der Waals surface area contributed by atoms with Gasteiger partial charge in [-0.25, -0.2) is 13.4 Å². The highest BCUT2D eigenvalue weighted by Crippen LogP contribution is 2.35. The Kier molecular flexibility index (Phi) is 5.16. The van der Waals surface area contributed by atoms with Crippen molar-refractivity contribution in [3.63, 3.8) is 0 Å². The molecular formula is C18H29N3O2S. The normalized spacial score (nSPS) is 26.0. The zero-order valence-electron chi connectivity index (χ0n) is 14.9. The summed E-state index contributed by atoms with van der Waals surface area (Å²) in [5, 5.41) is 0. The van der Waals surface area contributed by atoms with E-state index in [-0.39, 0.29) is 0 Å². The highest BCUT2D eigenvalue weighted by atomic mass is 32.2. The van der Waals surface area contributed by atoms with Crippen molar-refractivity contribution in [2.75, 3.05) is 31.1 Å². The van der Waals surface area contributed by atoms with Gasteiger partial charge in [0.2, 0.25) is 10.0 Å². The van der Waals surface area contributed by atoms with Gasteiger partial charge in [-0.3, -0.25) is 0 Å². The van der Waals surface area contributed by atoms with Gasteiger partial charge in [-0.05, 0) is 49.7 Å². The fourth-order valence-electron chi connectivity index (χ4n) is 4.11. The van der Waals surface area contributed by atoms with Crippen molar-refractivity contribution in [1.82, 2.24) is 9.29 Å². The largest absolute Gasteiger partial charge is 0.356 e. The highest BCUT2D eigenvalue weighted by Gasteiger charge is 2.31. The average Bonchev–Trinajstić information content (AvgIpc) is 3.10. The number of rotatable bonds is 5. The third-order valence-electron chi connectivity index (χ3n) is 5.38. The van der Waals surface area contributed by atoms with Gasteiger partial charge in [-0.1, -0.05) is 20.3 Å². The Morgan fingerprint density at radius 2 is 1.92 bits per heavy atom. The smallest absolute Gasteiger partial charge is 0.244 e. The molecule has 6 heteroatoms. The molecule has 3 heterocycles. The third kappa shape index (κ3) is 3.59. The summed E-state index contributed by atoms with van der Waals surface area (Å²) in [6, 6.07) is 3.60. The Morgan fingerprint density at radius 1 is 1.17 bits per heavy atom. The van der Waals surface area contributed by atoms with Crippen LogP contribution in [0, 0.1) is 5.41 Å². The Balaban J connectivity index is 1.74. The van der Waals surface area contributed by atoms with E-state index in [4.69, 9.17) is 0 Å². The molecule has 1 aromatic heterocycles. The lowest BCUT2D eigenvalue weighted by Gasteiger charge is -2.41. The van der Waals surface area contributed by atoms with E-state index in [0.717, 1.165) is 31.7 Å². The molecule has 2 aliphatic rings. The van der Waals surface area contributed by atoms with E-state index in [2.05, 4.69) is 23.7 Å². The van der Waals surface area contributed by atoms with Crippen LogP contribution >= 0.6 is 0 Å². The lowest BCUT2D eigenvalue weighted by molar-refractivity contribution is 0.238. The van der Waals surface area contributed by atoms with Gasteiger partial charge in [0.25, 0.3) is 0 Å². The maximum absolute atomic E-state index is 12.6. The van der Waals surface area contributed by atoms with Gasteiger partial charge in [0.05, 0.1) is 0 Å². The number of anilines is 1. The summed E-state index contributed by atoms with van der Waals surface area (Å²) >= 11 is 0. The Labute approximate surface area is 146 Å². The van der Waals surface area contributed by atoms with E-state index in [0.29, 0.717) is 23.4 Å². The van der Waals surface area contributed by atoms with Crippen LogP contribution in [-0.4, -0.2) is 43.9 Å². The molecule has 0 bridgehead atoms. The summed E-state index contributed by atoms with van der Waals surface area (Å²) in [7, 11) is -3.37. The van der Waals surface area contributed by atoms with E-state index in [9.17, 15) is 8.42 Å². The maximum Gasteiger partial charge on any atom is 0.244 e. The number of hydrogen-bond acceptors (Lipinski definition) is 4. The molecule has 0 saturated carbocycles. The van der Waals surface area contributed by atoms with Crippen molar-refractivity contribution in [3.05, 3.63) is 18.3 Å². The van der Waals surface area contributed by atoms with Crippen LogP contribution in [0.15, 0.2) is 23.2 Å². The van der Waals surface area contributed by atoms with Crippen molar-refractivity contribution in [2.45, 2.75) is 57.3 Å². The number of aromatic nitrogens is 1. The van der Waals surface area contributed by atoms with Crippen LogP contribution in [0.25, 0.3) is 0 Å². The number of piperidine rings is 1. The fraction of sp³-hybridized carbons (Fsp3) is 0.722. The minimum Gasteiger partial charge on any atom is -0.356 e. The predicted molar refractivity (Wildman–Crippen MR) is 96.7 cm³/mol. The van der Waals surface area contributed by atoms with Crippen molar-refractivity contribution in [2.24, 2.45) is 5.41 Å². The molecule has 2 saturated heterocycles. The minimum absolute atomic E-state index is 0.321. The van der Waals surface area contributed by atoms with Gasteiger partial charge in [-0.15, -0.1) is 0 Å². The molecule has 1 atom stereocenters. The number of nitrogens with zero attached hydrogens (tertiary/aromatic N) is 3. The second kappa shape index (κ2) is 7.00. The van der Waals surface area contributed by atoms with Gasteiger partial charge in [0.15, 0.2) is 0 Å². The SMILES string of the molecule is CCCC1(C)CCCN(c2ccc(S(=O)(=O)N3CCCC3)cn2)C1. The minimum atomic E-state index is -3.37. The molecule has 3 rings (SSSR count). The summed E-state index contributed by atoms with van der Waals surface area (Å²) in [4.78, 5) is 7.12. The van der Waals surface area contributed by atoms with Gasteiger partial charge < -0.3 is 4.90 Å². The third-order valence-corrected chi connectivity index (χ3v) is 7.26. The Morgan fingerprint density at radius 3 is 2.54 bits per heavy atom. The molecule has 1 aromatic rings. The van der Waals surface area contributed by atoms with Crippen molar-refractivity contribution in [3.8, 4) is 0 Å². The van der Waals surface area contributed by atoms with Crippen molar-refractivity contribution >= 4 is 15.8 Å². The maximum atomic E-state index is 12.6. The van der Waals surface area contributed by atoms with E-state index >= 15 is 0 Å².